The summed E-state index contributed by atoms with van der Waals surface area (Å²) in [7, 11) is 0. The SMILES string of the molecule is O=C(c1ccc2ccccc2c1)c1nnn2c1c(-c1ccc3ccccc3c1)nc1ccccc12. The van der Waals surface area contributed by atoms with Crippen molar-refractivity contribution < 1.29 is 4.79 Å². The highest BCUT2D eigenvalue weighted by Crippen LogP contribution is 2.31. The van der Waals surface area contributed by atoms with Gasteiger partial charge in [-0.2, -0.15) is 0 Å². The Morgan fingerprint density at radius 1 is 0.657 bits per heavy atom. The van der Waals surface area contributed by atoms with Gasteiger partial charge in [0.2, 0.25) is 5.78 Å². The third kappa shape index (κ3) is 3.09. The van der Waals surface area contributed by atoms with E-state index in [4.69, 9.17) is 4.98 Å². The molecular formula is C30H18N4O. The van der Waals surface area contributed by atoms with Crippen molar-refractivity contribution >= 4 is 43.9 Å². The molecule has 0 N–H and O–H groups in total. The lowest BCUT2D eigenvalue weighted by atomic mass is 10.00. The zero-order chi connectivity index (χ0) is 23.4. The molecule has 0 saturated heterocycles. The van der Waals surface area contributed by atoms with Crippen LogP contribution in [0.4, 0.5) is 0 Å². The van der Waals surface area contributed by atoms with E-state index >= 15 is 0 Å². The minimum Gasteiger partial charge on any atom is -0.287 e. The molecule has 5 aromatic carbocycles. The summed E-state index contributed by atoms with van der Waals surface area (Å²) < 4.78 is 1.74. The second-order valence-corrected chi connectivity index (χ2v) is 8.60. The van der Waals surface area contributed by atoms with Crippen molar-refractivity contribution in [1.29, 1.82) is 0 Å². The first-order valence-corrected chi connectivity index (χ1v) is 11.4. The van der Waals surface area contributed by atoms with E-state index < -0.39 is 0 Å². The van der Waals surface area contributed by atoms with Crippen LogP contribution in [0.3, 0.4) is 0 Å². The molecule has 0 aliphatic rings. The van der Waals surface area contributed by atoms with Crippen molar-refractivity contribution in [1.82, 2.24) is 19.8 Å². The fourth-order valence-corrected chi connectivity index (χ4v) is 4.73. The first-order valence-electron chi connectivity index (χ1n) is 11.4. The topological polar surface area (TPSA) is 60.2 Å². The normalized spacial score (nSPS) is 11.5. The van der Waals surface area contributed by atoms with Gasteiger partial charge in [-0.3, -0.25) is 4.79 Å². The molecule has 2 aromatic heterocycles. The molecule has 0 radical (unpaired) electrons. The lowest BCUT2D eigenvalue weighted by Gasteiger charge is -2.09. The van der Waals surface area contributed by atoms with Crippen LogP contribution in [0.15, 0.2) is 109 Å². The number of aromatic nitrogens is 4. The molecule has 0 spiro atoms. The fraction of sp³-hybridized carbons (Fsp3) is 0. The number of fused-ring (bicyclic) bond motifs is 5. The van der Waals surface area contributed by atoms with E-state index in [0.29, 0.717) is 22.5 Å². The van der Waals surface area contributed by atoms with Crippen molar-refractivity contribution in [2.45, 2.75) is 0 Å². The van der Waals surface area contributed by atoms with Crippen LogP contribution in [-0.2, 0) is 0 Å². The lowest BCUT2D eigenvalue weighted by molar-refractivity contribution is 0.103. The Balaban J connectivity index is 1.50. The van der Waals surface area contributed by atoms with E-state index in [1.165, 1.54) is 0 Å². The summed E-state index contributed by atoms with van der Waals surface area (Å²) in [5, 5.41) is 13.1. The highest BCUT2D eigenvalue weighted by Gasteiger charge is 2.23. The molecule has 2 heterocycles. The largest absolute Gasteiger partial charge is 0.287 e. The van der Waals surface area contributed by atoms with Gasteiger partial charge in [0.25, 0.3) is 0 Å². The number of benzene rings is 5. The molecule has 0 atom stereocenters. The summed E-state index contributed by atoms with van der Waals surface area (Å²) in [6.07, 6.45) is 0. The minimum absolute atomic E-state index is 0.176. The van der Waals surface area contributed by atoms with Gasteiger partial charge in [0.15, 0.2) is 5.69 Å². The van der Waals surface area contributed by atoms with Crippen molar-refractivity contribution in [2.24, 2.45) is 0 Å². The maximum Gasteiger partial charge on any atom is 0.215 e. The van der Waals surface area contributed by atoms with Gasteiger partial charge < -0.3 is 0 Å². The highest BCUT2D eigenvalue weighted by molar-refractivity contribution is 6.15. The van der Waals surface area contributed by atoms with E-state index in [1.54, 1.807) is 4.52 Å². The average molecular weight is 451 g/mol. The van der Waals surface area contributed by atoms with Crippen LogP contribution in [-0.4, -0.2) is 25.6 Å². The van der Waals surface area contributed by atoms with E-state index in [9.17, 15) is 4.79 Å². The summed E-state index contributed by atoms with van der Waals surface area (Å²) in [6.45, 7) is 0. The first-order chi connectivity index (χ1) is 17.3. The van der Waals surface area contributed by atoms with E-state index in [-0.39, 0.29) is 5.78 Å². The molecule has 7 aromatic rings. The number of ketones is 1. The summed E-state index contributed by atoms with van der Waals surface area (Å²) >= 11 is 0. The number of rotatable bonds is 3. The van der Waals surface area contributed by atoms with E-state index in [2.05, 4.69) is 34.6 Å². The molecular weight excluding hydrogens is 432 g/mol. The minimum atomic E-state index is -0.176. The molecule has 0 fully saturated rings. The monoisotopic (exact) mass is 450 g/mol. The zero-order valence-electron chi connectivity index (χ0n) is 18.6. The van der Waals surface area contributed by atoms with Crippen LogP contribution in [0.5, 0.6) is 0 Å². The number of carbonyl (C=O) groups excluding carboxylic acids is 1. The Labute approximate surface area is 200 Å². The van der Waals surface area contributed by atoms with E-state index in [1.807, 2.05) is 84.9 Å². The Morgan fingerprint density at radius 3 is 2.11 bits per heavy atom. The standard InChI is InChI=1S/C30H18N4O/c35-30(24-16-14-20-8-2-4-10-22(20)18-24)28-29-27(23-15-13-19-7-1-3-9-21(19)17-23)31-25-11-5-6-12-26(25)34(29)33-32-28/h1-18H. The lowest BCUT2D eigenvalue weighted by Crippen LogP contribution is -2.04. The van der Waals surface area contributed by atoms with Gasteiger partial charge in [-0.1, -0.05) is 90.1 Å². The zero-order valence-corrected chi connectivity index (χ0v) is 18.6. The summed E-state index contributed by atoms with van der Waals surface area (Å²) in [5.41, 5.74) is 4.66. The molecule has 7 rings (SSSR count). The first kappa shape index (κ1) is 19.6. The molecule has 0 aliphatic carbocycles. The molecule has 164 valence electrons. The molecule has 0 aliphatic heterocycles. The van der Waals surface area contributed by atoms with Crippen LogP contribution in [0.25, 0.3) is 49.4 Å². The molecule has 0 bridgehead atoms. The summed E-state index contributed by atoms with van der Waals surface area (Å²) in [4.78, 5) is 18.7. The number of nitrogens with zero attached hydrogens (tertiary/aromatic N) is 4. The smallest absolute Gasteiger partial charge is 0.215 e. The second-order valence-electron chi connectivity index (χ2n) is 8.60. The van der Waals surface area contributed by atoms with Gasteiger partial charge in [0.1, 0.15) is 5.52 Å². The highest BCUT2D eigenvalue weighted by atomic mass is 16.1. The van der Waals surface area contributed by atoms with Crippen molar-refractivity contribution in [3.63, 3.8) is 0 Å². The number of hydrogen-bond acceptors (Lipinski definition) is 4. The third-order valence-electron chi connectivity index (χ3n) is 6.49. The van der Waals surface area contributed by atoms with Crippen LogP contribution in [0, 0.1) is 0 Å². The van der Waals surface area contributed by atoms with Crippen LogP contribution in [0.1, 0.15) is 16.1 Å². The third-order valence-corrected chi connectivity index (χ3v) is 6.49. The van der Waals surface area contributed by atoms with Gasteiger partial charge in [0.05, 0.1) is 16.7 Å². The number of hydrogen-bond donors (Lipinski definition) is 0. The van der Waals surface area contributed by atoms with Crippen molar-refractivity contribution in [2.75, 3.05) is 0 Å². The predicted octanol–water partition coefficient (Wildman–Crippen LogP) is 6.48. The van der Waals surface area contributed by atoms with Crippen LogP contribution < -0.4 is 0 Å². The quantitative estimate of drug-likeness (QED) is 0.289. The molecule has 0 amide bonds. The van der Waals surface area contributed by atoms with Gasteiger partial charge in [0, 0.05) is 11.1 Å². The van der Waals surface area contributed by atoms with Crippen molar-refractivity contribution in [3.05, 3.63) is 120 Å². The molecule has 0 saturated carbocycles. The Morgan fingerprint density at radius 2 is 1.31 bits per heavy atom. The fourth-order valence-electron chi connectivity index (χ4n) is 4.73. The maximum atomic E-state index is 13.8. The summed E-state index contributed by atoms with van der Waals surface area (Å²) in [6, 6.07) is 35.9. The summed E-state index contributed by atoms with van der Waals surface area (Å²) in [5.74, 6) is -0.176. The maximum absolute atomic E-state index is 13.8. The molecule has 35 heavy (non-hydrogen) atoms. The number of carbonyl (C=O) groups is 1. The Hall–Kier alpha value is -4.90. The van der Waals surface area contributed by atoms with Gasteiger partial charge >= 0.3 is 0 Å². The van der Waals surface area contributed by atoms with E-state index in [0.717, 1.165) is 38.1 Å². The predicted molar refractivity (Wildman–Crippen MR) is 139 cm³/mol. The van der Waals surface area contributed by atoms with Crippen molar-refractivity contribution in [3.8, 4) is 11.3 Å². The number of para-hydroxylation sites is 2. The Kier molecular flexibility index (Phi) is 4.23. The molecule has 5 nitrogen and oxygen atoms in total. The average Bonchev–Trinajstić information content (AvgIpc) is 3.37. The van der Waals surface area contributed by atoms with Crippen LogP contribution in [0.2, 0.25) is 0 Å². The Bertz CT molecular complexity index is 1940. The van der Waals surface area contributed by atoms with Gasteiger partial charge in [-0.15, -0.1) is 5.10 Å². The molecule has 0 unspecified atom stereocenters. The van der Waals surface area contributed by atoms with Gasteiger partial charge in [-0.05, 0) is 45.8 Å². The van der Waals surface area contributed by atoms with Gasteiger partial charge in [-0.25, -0.2) is 9.50 Å². The second kappa shape index (κ2) is 7.57. The molecule has 5 heteroatoms. The van der Waals surface area contributed by atoms with Crippen LogP contribution >= 0.6 is 0 Å².